The molecule has 0 saturated carbocycles. The highest BCUT2D eigenvalue weighted by molar-refractivity contribution is 6.36. The Hall–Kier alpha value is -3.09. The number of hydrogen-bond donors (Lipinski definition) is 2. The van der Waals surface area contributed by atoms with Crippen LogP contribution in [0.3, 0.4) is 0 Å². The molecule has 3 aromatic rings. The fraction of sp³-hybridized carbons (Fsp3) is 0. The molecule has 3 rings (SSSR count). The summed E-state index contributed by atoms with van der Waals surface area (Å²) in [6.45, 7) is 0. The van der Waals surface area contributed by atoms with E-state index in [1.807, 2.05) is 0 Å². The van der Waals surface area contributed by atoms with Gasteiger partial charge in [0.2, 0.25) is 0 Å². The van der Waals surface area contributed by atoms with E-state index in [4.69, 9.17) is 27.6 Å². The first kappa shape index (κ1) is 18.7. The lowest BCUT2D eigenvalue weighted by molar-refractivity contribution is 0.0956. The zero-order valence-corrected chi connectivity index (χ0v) is 15.3. The first-order valence-corrected chi connectivity index (χ1v) is 8.52. The van der Waals surface area contributed by atoms with Gasteiger partial charge >= 0.3 is 0 Å². The maximum atomic E-state index is 12.4. The molecule has 0 aliphatic carbocycles. The van der Waals surface area contributed by atoms with Gasteiger partial charge in [0.05, 0.1) is 28.8 Å². The van der Waals surface area contributed by atoms with Crippen LogP contribution in [0.15, 0.2) is 70.4 Å². The highest BCUT2D eigenvalue weighted by Crippen LogP contribution is 2.19. The number of para-hydroxylation sites is 1. The van der Waals surface area contributed by atoms with Gasteiger partial charge in [-0.05, 0) is 36.4 Å². The molecular weight excluding hydrogens is 389 g/mol. The van der Waals surface area contributed by atoms with Gasteiger partial charge in [0.1, 0.15) is 0 Å². The molecule has 0 aliphatic heterocycles. The topological polar surface area (TPSA) is 83.7 Å². The highest BCUT2D eigenvalue weighted by atomic mass is 35.5. The van der Waals surface area contributed by atoms with E-state index in [0.29, 0.717) is 21.3 Å². The summed E-state index contributed by atoms with van der Waals surface area (Å²) in [7, 11) is 0. The number of carbonyl (C=O) groups excluding carboxylic acids is 2. The third-order valence-corrected chi connectivity index (χ3v) is 4.06. The summed E-state index contributed by atoms with van der Waals surface area (Å²) >= 11 is 11.9. The second kappa shape index (κ2) is 8.53. The zero-order chi connectivity index (χ0) is 19.2. The van der Waals surface area contributed by atoms with Crippen molar-refractivity contribution in [3.63, 3.8) is 0 Å². The number of amides is 2. The van der Waals surface area contributed by atoms with E-state index in [-0.39, 0.29) is 11.3 Å². The molecule has 0 atom stereocenters. The monoisotopic (exact) mass is 401 g/mol. The molecule has 0 fully saturated rings. The number of hydrogen-bond acceptors (Lipinski definition) is 4. The van der Waals surface area contributed by atoms with Gasteiger partial charge < -0.3 is 9.73 Å². The summed E-state index contributed by atoms with van der Waals surface area (Å²) < 4.78 is 5.04. The minimum Gasteiger partial charge on any atom is -0.459 e. The summed E-state index contributed by atoms with van der Waals surface area (Å²) in [5.74, 6) is -0.816. The van der Waals surface area contributed by atoms with Crippen LogP contribution in [0, 0.1) is 0 Å². The number of benzene rings is 2. The number of anilines is 1. The van der Waals surface area contributed by atoms with Crippen LogP contribution >= 0.6 is 23.2 Å². The number of halogens is 2. The van der Waals surface area contributed by atoms with Crippen LogP contribution in [-0.2, 0) is 0 Å². The quantitative estimate of drug-likeness (QED) is 0.483. The maximum absolute atomic E-state index is 12.4. The highest BCUT2D eigenvalue weighted by Gasteiger charge is 2.15. The minimum absolute atomic E-state index is 0.139. The van der Waals surface area contributed by atoms with Crippen molar-refractivity contribution in [1.29, 1.82) is 0 Å². The normalized spacial score (nSPS) is 10.7. The van der Waals surface area contributed by atoms with Crippen LogP contribution in [0.1, 0.15) is 26.5 Å². The largest absolute Gasteiger partial charge is 0.459 e. The van der Waals surface area contributed by atoms with E-state index < -0.39 is 11.8 Å². The van der Waals surface area contributed by atoms with E-state index in [2.05, 4.69) is 15.8 Å². The van der Waals surface area contributed by atoms with Gasteiger partial charge in [-0.15, -0.1) is 0 Å². The second-order valence-electron chi connectivity index (χ2n) is 5.34. The molecular formula is C19H13Cl2N3O3. The minimum atomic E-state index is -0.494. The first-order valence-electron chi connectivity index (χ1n) is 7.77. The fourth-order valence-corrected chi connectivity index (χ4v) is 2.67. The molecule has 1 aromatic heterocycles. The number of nitrogens with zero attached hydrogens (tertiary/aromatic N) is 1. The van der Waals surface area contributed by atoms with Crippen LogP contribution < -0.4 is 10.7 Å². The third kappa shape index (κ3) is 4.75. The van der Waals surface area contributed by atoms with E-state index in [1.165, 1.54) is 18.5 Å². The summed E-state index contributed by atoms with van der Waals surface area (Å²) in [6.07, 6.45) is 2.80. The Morgan fingerprint density at radius 3 is 2.56 bits per heavy atom. The van der Waals surface area contributed by atoms with Gasteiger partial charge in [-0.25, -0.2) is 5.43 Å². The van der Waals surface area contributed by atoms with Gasteiger partial charge in [0.25, 0.3) is 11.8 Å². The lowest BCUT2D eigenvalue weighted by Gasteiger charge is -2.08. The number of hydrazone groups is 1. The van der Waals surface area contributed by atoms with Gasteiger partial charge in [-0.2, -0.15) is 5.10 Å². The Labute approximate surface area is 164 Å². The molecule has 0 unspecified atom stereocenters. The predicted molar refractivity (Wildman–Crippen MR) is 105 cm³/mol. The van der Waals surface area contributed by atoms with Crippen molar-refractivity contribution in [2.75, 3.05) is 5.32 Å². The smallest absolute Gasteiger partial charge is 0.291 e. The van der Waals surface area contributed by atoms with Gasteiger partial charge in [0.15, 0.2) is 5.76 Å². The number of nitrogens with one attached hydrogen (secondary N) is 2. The van der Waals surface area contributed by atoms with Crippen molar-refractivity contribution < 1.29 is 14.0 Å². The second-order valence-corrected chi connectivity index (χ2v) is 6.19. The van der Waals surface area contributed by atoms with Crippen LogP contribution in [0.2, 0.25) is 10.0 Å². The van der Waals surface area contributed by atoms with E-state index in [9.17, 15) is 9.59 Å². The molecule has 2 aromatic carbocycles. The molecule has 0 bridgehead atoms. The van der Waals surface area contributed by atoms with E-state index >= 15 is 0 Å². The molecule has 8 heteroatoms. The predicted octanol–water partition coefficient (Wildman–Crippen LogP) is 4.60. The van der Waals surface area contributed by atoms with Crippen molar-refractivity contribution in [1.82, 2.24) is 5.43 Å². The van der Waals surface area contributed by atoms with E-state index in [1.54, 1.807) is 48.5 Å². The molecule has 6 nitrogen and oxygen atoms in total. The first-order chi connectivity index (χ1) is 13.0. The van der Waals surface area contributed by atoms with Crippen LogP contribution in [-0.4, -0.2) is 18.0 Å². The molecule has 2 N–H and O–H groups in total. The lowest BCUT2D eigenvalue weighted by Crippen LogP contribution is -2.21. The molecule has 2 amide bonds. The van der Waals surface area contributed by atoms with Gasteiger partial charge in [-0.3, -0.25) is 9.59 Å². The maximum Gasteiger partial charge on any atom is 0.291 e. The van der Waals surface area contributed by atoms with Crippen LogP contribution in [0.25, 0.3) is 0 Å². The fourth-order valence-electron chi connectivity index (χ4n) is 2.21. The third-order valence-electron chi connectivity index (χ3n) is 3.50. The molecule has 27 heavy (non-hydrogen) atoms. The molecule has 136 valence electrons. The average molecular weight is 402 g/mol. The SMILES string of the molecule is O=C(Nc1ccccc1C(=O)N/N=C\c1ccc(Cl)cc1Cl)c1ccco1. The Balaban J connectivity index is 1.71. The number of furan rings is 1. The van der Waals surface area contributed by atoms with Crippen molar-refractivity contribution in [2.24, 2.45) is 5.10 Å². The van der Waals surface area contributed by atoms with Crippen molar-refractivity contribution in [3.05, 3.63) is 87.8 Å². The van der Waals surface area contributed by atoms with Crippen molar-refractivity contribution >= 4 is 46.9 Å². The molecule has 0 radical (unpaired) electrons. The van der Waals surface area contributed by atoms with Crippen molar-refractivity contribution in [3.8, 4) is 0 Å². The molecule has 0 spiro atoms. The van der Waals surface area contributed by atoms with Gasteiger partial charge in [0, 0.05) is 10.6 Å². The van der Waals surface area contributed by atoms with E-state index in [0.717, 1.165) is 0 Å². The Kier molecular flexibility index (Phi) is 5.90. The summed E-state index contributed by atoms with van der Waals surface area (Å²) in [6, 6.07) is 14.6. The standard InChI is InChI=1S/C19H13Cl2N3O3/c20-13-8-7-12(15(21)10-13)11-22-24-18(25)14-4-1-2-5-16(14)23-19(26)17-6-3-9-27-17/h1-11H,(H,23,26)(H,24,25)/b22-11-. The van der Waals surface area contributed by atoms with Crippen LogP contribution in [0.5, 0.6) is 0 Å². The summed E-state index contributed by atoms with van der Waals surface area (Å²) in [4.78, 5) is 24.5. The Morgan fingerprint density at radius 2 is 1.81 bits per heavy atom. The number of carbonyl (C=O) groups is 2. The van der Waals surface area contributed by atoms with Crippen LogP contribution in [0.4, 0.5) is 5.69 Å². The molecule has 1 heterocycles. The Bertz CT molecular complexity index is 1000. The van der Waals surface area contributed by atoms with Crippen molar-refractivity contribution in [2.45, 2.75) is 0 Å². The molecule has 0 aliphatic rings. The Morgan fingerprint density at radius 1 is 1.00 bits per heavy atom. The van der Waals surface area contributed by atoms with Gasteiger partial charge in [-0.1, -0.05) is 41.4 Å². The summed E-state index contributed by atoms with van der Waals surface area (Å²) in [5.41, 5.74) is 3.58. The zero-order valence-electron chi connectivity index (χ0n) is 13.8. The number of rotatable bonds is 5. The lowest BCUT2D eigenvalue weighted by atomic mass is 10.1. The average Bonchev–Trinajstić information content (AvgIpc) is 3.19. The summed E-state index contributed by atoms with van der Waals surface area (Å²) in [5, 5.41) is 7.44. The molecule has 0 saturated heterocycles.